The summed E-state index contributed by atoms with van der Waals surface area (Å²) in [5, 5.41) is 3.56. The van der Waals surface area contributed by atoms with Crippen LogP contribution in [0.4, 0.5) is 0 Å². The summed E-state index contributed by atoms with van der Waals surface area (Å²) in [6.45, 7) is 9.98. The second kappa shape index (κ2) is 13.9. The van der Waals surface area contributed by atoms with E-state index >= 15 is 0 Å². The Kier molecular flexibility index (Phi) is 13.8. The maximum atomic E-state index is 5.10. The third kappa shape index (κ3) is 11.7. The van der Waals surface area contributed by atoms with Crippen LogP contribution < -0.4 is 5.32 Å². The molecule has 2 nitrogen and oxygen atoms in total. The summed E-state index contributed by atoms with van der Waals surface area (Å²) in [4.78, 5) is 0. The Hall–Kier alpha value is -0.0800. The van der Waals surface area contributed by atoms with Crippen molar-refractivity contribution in [2.24, 2.45) is 5.41 Å². The molecule has 0 saturated carbocycles. The first-order valence-electron chi connectivity index (χ1n) is 8.88. The van der Waals surface area contributed by atoms with Crippen LogP contribution in [0, 0.1) is 5.41 Å². The van der Waals surface area contributed by atoms with Crippen molar-refractivity contribution in [1.29, 1.82) is 0 Å². The van der Waals surface area contributed by atoms with Gasteiger partial charge in [-0.2, -0.15) is 0 Å². The van der Waals surface area contributed by atoms with Crippen LogP contribution in [0.3, 0.4) is 0 Å². The van der Waals surface area contributed by atoms with E-state index in [-0.39, 0.29) is 0 Å². The Balaban J connectivity index is 3.70. The minimum absolute atomic E-state index is 0.478. The molecule has 0 aliphatic carbocycles. The van der Waals surface area contributed by atoms with Crippen LogP contribution in [-0.2, 0) is 4.74 Å². The summed E-state index contributed by atoms with van der Waals surface area (Å²) in [5.41, 5.74) is 0.478. The van der Waals surface area contributed by atoms with Crippen molar-refractivity contribution in [2.45, 2.75) is 85.0 Å². The average Bonchev–Trinajstić information content (AvgIpc) is 2.43. The van der Waals surface area contributed by atoms with Crippen LogP contribution >= 0.6 is 0 Å². The Morgan fingerprint density at radius 3 is 2.10 bits per heavy atom. The molecule has 1 atom stereocenters. The van der Waals surface area contributed by atoms with E-state index in [0.29, 0.717) is 5.41 Å². The number of hydrogen-bond donors (Lipinski definition) is 1. The highest BCUT2D eigenvalue weighted by Crippen LogP contribution is 2.29. The van der Waals surface area contributed by atoms with Gasteiger partial charge in [0, 0.05) is 20.2 Å². The Morgan fingerprint density at radius 2 is 1.50 bits per heavy atom. The van der Waals surface area contributed by atoms with E-state index in [1.165, 1.54) is 64.2 Å². The van der Waals surface area contributed by atoms with Crippen molar-refractivity contribution in [1.82, 2.24) is 5.32 Å². The molecule has 0 heterocycles. The minimum atomic E-state index is 0.478. The molecule has 2 heteroatoms. The number of hydrogen-bond acceptors (Lipinski definition) is 2. The predicted molar refractivity (Wildman–Crippen MR) is 90.4 cm³/mol. The number of ether oxygens (including phenoxy) is 1. The smallest absolute Gasteiger partial charge is 0.0587 e. The monoisotopic (exact) mass is 285 g/mol. The van der Waals surface area contributed by atoms with Gasteiger partial charge in [0.2, 0.25) is 0 Å². The molecule has 0 aromatic carbocycles. The molecule has 0 fully saturated rings. The van der Waals surface area contributed by atoms with E-state index in [0.717, 1.165) is 19.7 Å². The molecule has 1 N–H and O–H groups in total. The zero-order valence-corrected chi connectivity index (χ0v) is 14.6. The molecule has 0 saturated heterocycles. The first-order chi connectivity index (χ1) is 9.68. The van der Waals surface area contributed by atoms with E-state index in [9.17, 15) is 0 Å². The van der Waals surface area contributed by atoms with Gasteiger partial charge < -0.3 is 10.1 Å². The van der Waals surface area contributed by atoms with Gasteiger partial charge in [0.1, 0.15) is 0 Å². The SMILES string of the molecule is CCCCCCCCCC(C)(CCC)CNCCOC. The van der Waals surface area contributed by atoms with Crippen molar-refractivity contribution < 1.29 is 4.74 Å². The van der Waals surface area contributed by atoms with E-state index in [1.807, 2.05) is 0 Å². The van der Waals surface area contributed by atoms with Crippen LogP contribution in [0.2, 0.25) is 0 Å². The fraction of sp³-hybridized carbons (Fsp3) is 1.00. The Morgan fingerprint density at radius 1 is 0.850 bits per heavy atom. The summed E-state index contributed by atoms with van der Waals surface area (Å²) in [5.74, 6) is 0. The van der Waals surface area contributed by atoms with Gasteiger partial charge in [0.05, 0.1) is 6.61 Å². The van der Waals surface area contributed by atoms with Crippen LogP contribution in [0.1, 0.15) is 85.0 Å². The quantitative estimate of drug-likeness (QED) is 0.419. The van der Waals surface area contributed by atoms with Crippen LogP contribution in [-0.4, -0.2) is 26.8 Å². The molecule has 0 amide bonds. The highest BCUT2D eigenvalue weighted by Gasteiger charge is 2.22. The lowest BCUT2D eigenvalue weighted by molar-refractivity contribution is 0.186. The topological polar surface area (TPSA) is 21.3 Å². The molecule has 20 heavy (non-hydrogen) atoms. The van der Waals surface area contributed by atoms with Gasteiger partial charge in [-0.3, -0.25) is 0 Å². The summed E-state index contributed by atoms with van der Waals surface area (Å²) in [6, 6.07) is 0. The standard InChI is InChI=1S/C18H39NO/c1-5-7-8-9-10-11-12-14-18(3,13-6-2)17-19-15-16-20-4/h19H,5-17H2,1-4H3. The molecule has 0 bridgehead atoms. The van der Waals surface area contributed by atoms with Crippen LogP contribution in [0.5, 0.6) is 0 Å². The Labute approximate surface area is 128 Å². The zero-order valence-electron chi connectivity index (χ0n) is 14.6. The van der Waals surface area contributed by atoms with Crippen LogP contribution in [0.25, 0.3) is 0 Å². The van der Waals surface area contributed by atoms with Gasteiger partial charge in [0.25, 0.3) is 0 Å². The number of methoxy groups -OCH3 is 1. The lowest BCUT2D eigenvalue weighted by Crippen LogP contribution is -2.33. The van der Waals surface area contributed by atoms with E-state index in [2.05, 4.69) is 26.1 Å². The van der Waals surface area contributed by atoms with Crippen LogP contribution in [0.15, 0.2) is 0 Å². The summed E-state index contributed by atoms with van der Waals surface area (Å²) < 4.78 is 5.10. The minimum Gasteiger partial charge on any atom is -0.383 e. The third-order valence-electron chi connectivity index (χ3n) is 4.27. The summed E-state index contributed by atoms with van der Waals surface area (Å²) in [6.07, 6.45) is 13.9. The van der Waals surface area contributed by atoms with Gasteiger partial charge in [-0.25, -0.2) is 0 Å². The average molecular weight is 286 g/mol. The van der Waals surface area contributed by atoms with Crippen molar-refractivity contribution in [3.63, 3.8) is 0 Å². The fourth-order valence-electron chi connectivity index (χ4n) is 2.98. The van der Waals surface area contributed by atoms with Gasteiger partial charge in [0.15, 0.2) is 0 Å². The molecule has 0 rings (SSSR count). The van der Waals surface area contributed by atoms with E-state index < -0.39 is 0 Å². The molecule has 0 aliphatic heterocycles. The van der Waals surface area contributed by atoms with E-state index in [1.54, 1.807) is 7.11 Å². The first kappa shape index (κ1) is 19.9. The second-order valence-corrected chi connectivity index (χ2v) is 6.60. The van der Waals surface area contributed by atoms with Gasteiger partial charge in [-0.05, 0) is 18.3 Å². The first-order valence-corrected chi connectivity index (χ1v) is 8.88. The fourth-order valence-corrected chi connectivity index (χ4v) is 2.98. The number of unbranched alkanes of at least 4 members (excludes halogenated alkanes) is 6. The number of nitrogens with one attached hydrogen (secondary N) is 1. The summed E-state index contributed by atoms with van der Waals surface area (Å²) >= 11 is 0. The highest BCUT2D eigenvalue weighted by atomic mass is 16.5. The van der Waals surface area contributed by atoms with E-state index in [4.69, 9.17) is 4.74 Å². The molecule has 0 radical (unpaired) electrons. The maximum absolute atomic E-state index is 5.10. The molecule has 0 aromatic rings. The molecule has 122 valence electrons. The van der Waals surface area contributed by atoms with Crippen molar-refractivity contribution in [3.05, 3.63) is 0 Å². The lowest BCUT2D eigenvalue weighted by atomic mass is 9.80. The maximum Gasteiger partial charge on any atom is 0.0587 e. The highest BCUT2D eigenvalue weighted by molar-refractivity contribution is 4.76. The van der Waals surface area contributed by atoms with Gasteiger partial charge >= 0.3 is 0 Å². The third-order valence-corrected chi connectivity index (χ3v) is 4.27. The summed E-state index contributed by atoms with van der Waals surface area (Å²) in [7, 11) is 1.77. The normalized spacial score (nSPS) is 14.4. The molecule has 0 spiro atoms. The molecule has 0 aromatic heterocycles. The molecule has 0 aliphatic rings. The van der Waals surface area contributed by atoms with Gasteiger partial charge in [-0.1, -0.05) is 72.1 Å². The molecular formula is C18H39NO. The lowest BCUT2D eigenvalue weighted by Gasteiger charge is -2.30. The van der Waals surface area contributed by atoms with Crippen molar-refractivity contribution in [3.8, 4) is 0 Å². The van der Waals surface area contributed by atoms with Gasteiger partial charge in [-0.15, -0.1) is 0 Å². The Bertz CT molecular complexity index is 196. The van der Waals surface area contributed by atoms with Crippen molar-refractivity contribution in [2.75, 3.05) is 26.8 Å². The molecular weight excluding hydrogens is 246 g/mol. The predicted octanol–water partition coefficient (Wildman–Crippen LogP) is 5.17. The zero-order chi connectivity index (χ0) is 15.1. The largest absolute Gasteiger partial charge is 0.383 e. The molecule has 1 unspecified atom stereocenters. The number of rotatable bonds is 15. The second-order valence-electron chi connectivity index (χ2n) is 6.60. The van der Waals surface area contributed by atoms with Crippen molar-refractivity contribution >= 4 is 0 Å².